The second-order valence-corrected chi connectivity index (χ2v) is 4.65. The van der Waals surface area contributed by atoms with Crippen LogP contribution >= 0.6 is 0 Å². The molecule has 0 amide bonds. The molecule has 18 heavy (non-hydrogen) atoms. The first-order valence-corrected chi connectivity index (χ1v) is 6.30. The minimum absolute atomic E-state index is 0.00759. The lowest BCUT2D eigenvalue weighted by Crippen LogP contribution is -2.15. The average Bonchev–Trinajstić information content (AvgIpc) is 2.70. The van der Waals surface area contributed by atoms with Crippen LogP contribution in [0, 0.1) is 6.92 Å². The molecule has 1 atom stereocenters. The second kappa shape index (κ2) is 5.31. The molecule has 4 nitrogen and oxygen atoms in total. The summed E-state index contributed by atoms with van der Waals surface area (Å²) in [5, 5.41) is 4.44. The number of aromatic nitrogens is 3. The zero-order valence-corrected chi connectivity index (χ0v) is 11.2. The summed E-state index contributed by atoms with van der Waals surface area (Å²) in [6, 6.07) is 6.15. The van der Waals surface area contributed by atoms with Crippen LogP contribution in [0.25, 0.3) is 0 Å². The summed E-state index contributed by atoms with van der Waals surface area (Å²) in [5.41, 5.74) is 10.7. The highest BCUT2D eigenvalue weighted by Gasteiger charge is 2.11. The molecule has 0 saturated heterocycles. The Hall–Kier alpha value is -1.68. The third-order valence-corrected chi connectivity index (χ3v) is 3.17. The van der Waals surface area contributed by atoms with Crippen molar-refractivity contribution in [1.82, 2.24) is 14.8 Å². The summed E-state index contributed by atoms with van der Waals surface area (Å²) in [7, 11) is 1.97. The second-order valence-electron chi connectivity index (χ2n) is 4.65. The van der Waals surface area contributed by atoms with E-state index in [9.17, 15) is 0 Å². The highest BCUT2D eigenvalue weighted by Crippen LogP contribution is 2.16. The van der Waals surface area contributed by atoms with Gasteiger partial charge < -0.3 is 5.73 Å². The highest BCUT2D eigenvalue weighted by atomic mass is 15.3. The quantitative estimate of drug-likeness (QED) is 0.894. The van der Waals surface area contributed by atoms with E-state index in [1.165, 1.54) is 5.69 Å². The molecule has 0 bridgehead atoms. The van der Waals surface area contributed by atoms with Gasteiger partial charge in [-0.2, -0.15) is 5.10 Å². The normalized spacial score (nSPS) is 12.7. The topological polar surface area (TPSA) is 56.7 Å². The maximum Gasteiger partial charge on any atom is 0.0624 e. The summed E-state index contributed by atoms with van der Waals surface area (Å²) in [5.74, 6) is 0. The fraction of sp³-hybridized carbons (Fsp3) is 0.429. The van der Waals surface area contributed by atoms with Gasteiger partial charge in [0.15, 0.2) is 0 Å². The van der Waals surface area contributed by atoms with E-state index >= 15 is 0 Å². The number of nitrogens with two attached hydrogens (primary N) is 1. The van der Waals surface area contributed by atoms with Crippen LogP contribution in [0.2, 0.25) is 0 Å². The molecule has 2 heterocycles. The minimum Gasteiger partial charge on any atom is -0.324 e. The maximum absolute atomic E-state index is 6.25. The maximum atomic E-state index is 6.25. The van der Waals surface area contributed by atoms with Crippen molar-refractivity contribution >= 4 is 0 Å². The molecule has 2 N–H and O–H groups in total. The summed E-state index contributed by atoms with van der Waals surface area (Å²) in [4.78, 5) is 4.19. The zero-order valence-electron chi connectivity index (χ0n) is 11.2. The molecule has 2 aromatic heterocycles. The van der Waals surface area contributed by atoms with Crippen LogP contribution in [0.3, 0.4) is 0 Å². The Morgan fingerprint density at radius 3 is 2.78 bits per heavy atom. The fourth-order valence-electron chi connectivity index (χ4n) is 2.08. The van der Waals surface area contributed by atoms with Crippen LogP contribution < -0.4 is 5.73 Å². The lowest BCUT2D eigenvalue weighted by molar-refractivity contribution is 0.637. The van der Waals surface area contributed by atoms with Crippen LogP contribution in [0.5, 0.6) is 0 Å². The first kappa shape index (κ1) is 12.8. The molecule has 0 aliphatic carbocycles. The highest BCUT2D eigenvalue weighted by molar-refractivity contribution is 5.22. The Labute approximate surface area is 108 Å². The molecule has 2 rings (SSSR count). The van der Waals surface area contributed by atoms with E-state index in [4.69, 9.17) is 5.73 Å². The van der Waals surface area contributed by atoms with E-state index in [0.717, 1.165) is 29.8 Å². The summed E-state index contributed by atoms with van der Waals surface area (Å²) >= 11 is 0. The molecule has 0 radical (unpaired) electrons. The number of hydrogen-bond acceptors (Lipinski definition) is 3. The van der Waals surface area contributed by atoms with Gasteiger partial charge in [-0.1, -0.05) is 6.92 Å². The monoisotopic (exact) mass is 244 g/mol. The number of aryl methyl sites for hydroxylation is 3. The molecular weight excluding hydrogens is 224 g/mol. The lowest BCUT2D eigenvalue weighted by atomic mass is 10.0. The Morgan fingerprint density at radius 2 is 2.17 bits per heavy atom. The molecule has 0 aliphatic rings. The SMILES string of the molecule is CCc1cc(CC(N)c2ccnc(C)c2)n(C)n1. The van der Waals surface area contributed by atoms with E-state index in [1.54, 1.807) is 0 Å². The predicted molar refractivity (Wildman–Crippen MR) is 72.2 cm³/mol. The molecule has 0 aliphatic heterocycles. The van der Waals surface area contributed by atoms with Crippen molar-refractivity contribution < 1.29 is 0 Å². The van der Waals surface area contributed by atoms with E-state index in [0.29, 0.717) is 0 Å². The van der Waals surface area contributed by atoms with E-state index in [-0.39, 0.29) is 6.04 Å². The number of hydrogen-bond donors (Lipinski definition) is 1. The van der Waals surface area contributed by atoms with Crippen molar-refractivity contribution in [2.75, 3.05) is 0 Å². The van der Waals surface area contributed by atoms with E-state index in [1.807, 2.05) is 37.0 Å². The summed E-state index contributed by atoms with van der Waals surface area (Å²) in [6.45, 7) is 4.09. The van der Waals surface area contributed by atoms with Crippen molar-refractivity contribution in [2.24, 2.45) is 12.8 Å². The van der Waals surface area contributed by atoms with Crippen LogP contribution in [-0.2, 0) is 19.9 Å². The van der Waals surface area contributed by atoms with Crippen LogP contribution in [0.15, 0.2) is 24.4 Å². The van der Waals surface area contributed by atoms with Crippen molar-refractivity contribution in [3.05, 3.63) is 47.0 Å². The molecule has 0 saturated carbocycles. The third kappa shape index (κ3) is 2.76. The van der Waals surface area contributed by atoms with Crippen LogP contribution in [-0.4, -0.2) is 14.8 Å². The molecule has 0 fully saturated rings. The Bertz CT molecular complexity index is 530. The molecular formula is C14H20N4. The average molecular weight is 244 g/mol. The van der Waals surface area contributed by atoms with Gasteiger partial charge in [-0.25, -0.2) is 0 Å². The van der Waals surface area contributed by atoms with Gasteiger partial charge in [0.05, 0.1) is 5.69 Å². The molecule has 4 heteroatoms. The number of pyridine rings is 1. The smallest absolute Gasteiger partial charge is 0.0624 e. The third-order valence-electron chi connectivity index (χ3n) is 3.17. The number of rotatable bonds is 4. The van der Waals surface area contributed by atoms with Gasteiger partial charge in [-0.05, 0) is 37.1 Å². The Balaban J connectivity index is 2.15. The van der Waals surface area contributed by atoms with Crippen molar-refractivity contribution in [3.8, 4) is 0 Å². The Morgan fingerprint density at radius 1 is 1.39 bits per heavy atom. The van der Waals surface area contributed by atoms with E-state index in [2.05, 4.69) is 23.1 Å². The summed E-state index contributed by atoms with van der Waals surface area (Å²) in [6.07, 6.45) is 3.57. The first-order valence-electron chi connectivity index (χ1n) is 6.30. The van der Waals surface area contributed by atoms with E-state index < -0.39 is 0 Å². The van der Waals surface area contributed by atoms with Gasteiger partial charge in [0, 0.05) is 37.1 Å². The van der Waals surface area contributed by atoms with Gasteiger partial charge in [0.25, 0.3) is 0 Å². The van der Waals surface area contributed by atoms with Crippen molar-refractivity contribution in [1.29, 1.82) is 0 Å². The fourth-order valence-corrected chi connectivity index (χ4v) is 2.08. The van der Waals surface area contributed by atoms with Gasteiger partial charge in [-0.15, -0.1) is 0 Å². The largest absolute Gasteiger partial charge is 0.324 e. The zero-order chi connectivity index (χ0) is 13.1. The molecule has 0 aromatic carbocycles. The standard InChI is InChI=1S/C14H20N4/c1-4-12-8-13(18(3)17-12)9-14(15)11-5-6-16-10(2)7-11/h5-8,14H,4,9,15H2,1-3H3. The molecule has 96 valence electrons. The molecule has 1 unspecified atom stereocenters. The van der Waals surface area contributed by atoms with Gasteiger partial charge in [-0.3, -0.25) is 9.67 Å². The van der Waals surface area contributed by atoms with Crippen LogP contribution in [0.1, 0.15) is 35.6 Å². The first-order chi connectivity index (χ1) is 8.60. The van der Waals surface area contributed by atoms with Crippen LogP contribution in [0.4, 0.5) is 0 Å². The molecule has 2 aromatic rings. The molecule has 0 spiro atoms. The van der Waals surface area contributed by atoms with Crippen molar-refractivity contribution in [2.45, 2.75) is 32.7 Å². The number of nitrogens with zero attached hydrogens (tertiary/aromatic N) is 3. The van der Waals surface area contributed by atoms with Gasteiger partial charge in [0.2, 0.25) is 0 Å². The lowest BCUT2D eigenvalue weighted by Gasteiger charge is -2.12. The predicted octanol–water partition coefficient (Wildman–Crippen LogP) is 1.93. The summed E-state index contributed by atoms with van der Waals surface area (Å²) < 4.78 is 1.92. The Kier molecular flexibility index (Phi) is 3.77. The van der Waals surface area contributed by atoms with Gasteiger partial charge >= 0.3 is 0 Å². The van der Waals surface area contributed by atoms with Gasteiger partial charge in [0.1, 0.15) is 0 Å². The van der Waals surface area contributed by atoms with Crippen molar-refractivity contribution in [3.63, 3.8) is 0 Å². The minimum atomic E-state index is -0.00759.